The van der Waals surface area contributed by atoms with E-state index in [1.165, 1.54) is 12.8 Å². The van der Waals surface area contributed by atoms with E-state index in [1.54, 1.807) is 22.8 Å². The molecule has 0 radical (unpaired) electrons. The average molecular weight is 348 g/mol. The van der Waals surface area contributed by atoms with Crippen LogP contribution in [0.15, 0.2) is 17.5 Å². The molecule has 0 unspecified atom stereocenters. The van der Waals surface area contributed by atoms with E-state index >= 15 is 0 Å². The Morgan fingerprint density at radius 2 is 2.17 bits per heavy atom. The van der Waals surface area contributed by atoms with E-state index in [0.717, 1.165) is 23.1 Å². The summed E-state index contributed by atoms with van der Waals surface area (Å²) in [6.45, 7) is 4.45. The smallest absolute Gasteiger partial charge is 0.355 e. The van der Waals surface area contributed by atoms with Crippen molar-refractivity contribution in [2.24, 2.45) is 5.92 Å². The first-order valence-corrected chi connectivity index (χ1v) is 9.51. The van der Waals surface area contributed by atoms with Crippen molar-refractivity contribution in [2.45, 2.75) is 52.1 Å². The van der Waals surface area contributed by atoms with Crippen LogP contribution in [0.5, 0.6) is 0 Å². The second-order valence-electron chi connectivity index (χ2n) is 6.44. The van der Waals surface area contributed by atoms with Crippen LogP contribution in [-0.2, 0) is 16.1 Å². The van der Waals surface area contributed by atoms with Gasteiger partial charge in [-0.3, -0.25) is 4.79 Å². The van der Waals surface area contributed by atoms with E-state index < -0.39 is 0 Å². The van der Waals surface area contributed by atoms with E-state index in [4.69, 9.17) is 4.74 Å². The molecule has 5 nitrogen and oxygen atoms in total. The van der Waals surface area contributed by atoms with Crippen LogP contribution >= 0.6 is 11.3 Å². The summed E-state index contributed by atoms with van der Waals surface area (Å²) in [7, 11) is 0. The van der Waals surface area contributed by atoms with Crippen molar-refractivity contribution in [2.75, 3.05) is 6.61 Å². The highest BCUT2D eigenvalue weighted by molar-refractivity contribution is 7.17. The Kier molecular flexibility index (Phi) is 5.23. The van der Waals surface area contributed by atoms with Crippen molar-refractivity contribution in [3.05, 3.63) is 23.2 Å². The topological polar surface area (TPSA) is 60.3 Å². The molecule has 2 heterocycles. The van der Waals surface area contributed by atoms with Crippen LogP contribution in [0.25, 0.3) is 10.2 Å². The second kappa shape index (κ2) is 7.38. The molecule has 1 amide bonds. The molecule has 2 aromatic rings. The standard InChI is InChI=1S/C18H24N2O3S/c1-3-23-18(22)15-10-16-14(8-9-24-16)20(15)11-17(21)19-13-7-5-4-6-12(13)2/h8-10,12-13H,3-7,11H2,1-2H3,(H,19,21)/t12-,13-/m0/s1. The van der Waals surface area contributed by atoms with E-state index in [9.17, 15) is 9.59 Å². The van der Waals surface area contributed by atoms with Crippen molar-refractivity contribution in [1.29, 1.82) is 0 Å². The van der Waals surface area contributed by atoms with Gasteiger partial charge in [0.1, 0.15) is 12.2 Å². The molecule has 1 aliphatic rings. The first-order valence-electron chi connectivity index (χ1n) is 8.63. The largest absolute Gasteiger partial charge is 0.461 e. The number of amides is 1. The Morgan fingerprint density at radius 1 is 1.38 bits per heavy atom. The van der Waals surface area contributed by atoms with Crippen LogP contribution in [0.1, 0.15) is 50.0 Å². The third kappa shape index (κ3) is 3.48. The van der Waals surface area contributed by atoms with Gasteiger partial charge in [-0.05, 0) is 43.2 Å². The lowest BCUT2D eigenvalue weighted by Gasteiger charge is -2.29. The number of ether oxygens (including phenoxy) is 1. The minimum Gasteiger partial charge on any atom is -0.461 e. The zero-order valence-corrected chi connectivity index (χ0v) is 15.0. The fourth-order valence-electron chi connectivity index (χ4n) is 3.45. The van der Waals surface area contributed by atoms with Crippen LogP contribution in [0.3, 0.4) is 0 Å². The number of thiophene rings is 1. The molecule has 2 atom stereocenters. The van der Waals surface area contributed by atoms with Crippen LogP contribution in [0, 0.1) is 5.92 Å². The number of nitrogens with zero attached hydrogens (tertiary/aromatic N) is 1. The number of aromatic nitrogens is 1. The molecule has 6 heteroatoms. The van der Waals surface area contributed by atoms with Crippen molar-refractivity contribution in [1.82, 2.24) is 9.88 Å². The molecule has 0 saturated heterocycles. The van der Waals surface area contributed by atoms with Gasteiger partial charge in [-0.25, -0.2) is 4.79 Å². The third-order valence-corrected chi connectivity index (χ3v) is 5.62. The second-order valence-corrected chi connectivity index (χ2v) is 7.39. The van der Waals surface area contributed by atoms with Gasteiger partial charge in [-0.1, -0.05) is 19.8 Å². The summed E-state index contributed by atoms with van der Waals surface area (Å²) in [4.78, 5) is 24.7. The Bertz CT molecular complexity index is 734. The predicted octanol–water partition coefficient (Wildman–Crippen LogP) is 3.57. The number of fused-ring (bicyclic) bond motifs is 1. The van der Waals surface area contributed by atoms with Crippen molar-refractivity contribution < 1.29 is 14.3 Å². The molecule has 0 bridgehead atoms. The molecule has 1 fully saturated rings. The fraction of sp³-hybridized carbons (Fsp3) is 0.556. The summed E-state index contributed by atoms with van der Waals surface area (Å²) in [6.07, 6.45) is 4.61. The molecule has 0 aliphatic heterocycles. The summed E-state index contributed by atoms with van der Waals surface area (Å²) in [6, 6.07) is 4.00. The Hall–Kier alpha value is -1.82. The van der Waals surface area contributed by atoms with Gasteiger partial charge in [-0.15, -0.1) is 11.3 Å². The van der Waals surface area contributed by atoms with E-state index in [1.807, 2.05) is 17.5 Å². The van der Waals surface area contributed by atoms with Gasteiger partial charge in [0.25, 0.3) is 0 Å². The zero-order chi connectivity index (χ0) is 17.1. The lowest BCUT2D eigenvalue weighted by Crippen LogP contribution is -2.42. The predicted molar refractivity (Wildman–Crippen MR) is 95.3 cm³/mol. The third-order valence-electron chi connectivity index (χ3n) is 4.77. The zero-order valence-electron chi connectivity index (χ0n) is 14.2. The molecule has 130 valence electrons. The highest BCUT2D eigenvalue weighted by Gasteiger charge is 2.24. The summed E-state index contributed by atoms with van der Waals surface area (Å²) >= 11 is 1.56. The van der Waals surface area contributed by atoms with Crippen LogP contribution in [-0.4, -0.2) is 29.1 Å². The summed E-state index contributed by atoms with van der Waals surface area (Å²) in [5.41, 5.74) is 1.36. The fourth-order valence-corrected chi connectivity index (χ4v) is 4.27. The highest BCUT2D eigenvalue weighted by atomic mass is 32.1. The van der Waals surface area contributed by atoms with E-state index in [2.05, 4.69) is 12.2 Å². The molecule has 2 aromatic heterocycles. The Balaban J connectivity index is 1.77. The summed E-state index contributed by atoms with van der Waals surface area (Å²) < 4.78 is 7.90. The highest BCUT2D eigenvalue weighted by Crippen LogP contribution is 2.26. The van der Waals surface area contributed by atoms with Crippen molar-refractivity contribution >= 4 is 33.4 Å². The number of hydrogen-bond acceptors (Lipinski definition) is 4. The number of carbonyl (C=O) groups is 2. The molecule has 1 saturated carbocycles. The summed E-state index contributed by atoms with van der Waals surface area (Å²) in [5, 5.41) is 5.12. The summed E-state index contributed by atoms with van der Waals surface area (Å²) in [5.74, 6) is 0.0980. The maximum Gasteiger partial charge on any atom is 0.355 e. The van der Waals surface area contributed by atoms with Gasteiger partial charge < -0.3 is 14.6 Å². The molecular weight excluding hydrogens is 324 g/mol. The number of esters is 1. The van der Waals surface area contributed by atoms with Crippen LogP contribution in [0.4, 0.5) is 0 Å². The number of nitrogens with one attached hydrogen (secondary N) is 1. The number of hydrogen-bond donors (Lipinski definition) is 1. The van der Waals surface area contributed by atoms with Crippen LogP contribution in [0.2, 0.25) is 0 Å². The molecule has 1 N–H and O–H groups in total. The van der Waals surface area contributed by atoms with Gasteiger partial charge in [0, 0.05) is 6.04 Å². The molecule has 1 aliphatic carbocycles. The number of carbonyl (C=O) groups excluding carboxylic acids is 2. The molecule has 3 rings (SSSR count). The van der Waals surface area contributed by atoms with Gasteiger partial charge >= 0.3 is 5.97 Å². The van der Waals surface area contributed by atoms with E-state index in [0.29, 0.717) is 18.2 Å². The van der Waals surface area contributed by atoms with Gasteiger partial charge in [0.2, 0.25) is 5.91 Å². The van der Waals surface area contributed by atoms with Gasteiger partial charge in [0.15, 0.2) is 0 Å². The van der Waals surface area contributed by atoms with E-state index in [-0.39, 0.29) is 24.5 Å². The van der Waals surface area contributed by atoms with Gasteiger partial charge in [0.05, 0.1) is 16.8 Å². The normalized spacial score (nSPS) is 20.9. The molecule has 0 spiro atoms. The first-order chi connectivity index (χ1) is 11.6. The SMILES string of the molecule is CCOC(=O)c1cc2sccc2n1CC(=O)N[C@H]1CCCC[C@@H]1C. The minimum atomic E-state index is -0.375. The first kappa shape index (κ1) is 17.0. The molecule has 24 heavy (non-hydrogen) atoms. The monoisotopic (exact) mass is 348 g/mol. The van der Waals surface area contributed by atoms with Crippen LogP contribution < -0.4 is 5.32 Å². The molecule has 0 aromatic carbocycles. The maximum atomic E-state index is 12.5. The van der Waals surface area contributed by atoms with Crippen molar-refractivity contribution in [3.63, 3.8) is 0 Å². The average Bonchev–Trinajstić information content (AvgIpc) is 3.12. The lowest BCUT2D eigenvalue weighted by molar-refractivity contribution is -0.122. The minimum absolute atomic E-state index is 0.0389. The quantitative estimate of drug-likeness (QED) is 0.840. The van der Waals surface area contributed by atoms with Gasteiger partial charge in [-0.2, -0.15) is 0 Å². The van der Waals surface area contributed by atoms with Crippen molar-refractivity contribution in [3.8, 4) is 0 Å². The molecular formula is C18H24N2O3S. The number of rotatable bonds is 5. The lowest BCUT2D eigenvalue weighted by atomic mass is 9.86. The maximum absolute atomic E-state index is 12.5. The Morgan fingerprint density at radius 3 is 2.92 bits per heavy atom. The Labute approximate surface area is 146 Å².